The highest BCUT2D eigenvalue weighted by molar-refractivity contribution is 7.07. The van der Waals surface area contributed by atoms with Gasteiger partial charge in [-0.1, -0.05) is 6.92 Å². The van der Waals surface area contributed by atoms with Crippen LogP contribution in [0.2, 0.25) is 0 Å². The molecule has 2 unspecified atom stereocenters. The lowest BCUT2D eigenvalue weighted by Gasteiger charge is -2.41. The highest BCUT2D eigenvalue weighted by atomic mass is 32.1. The van der Waals surface area contributed by atoms with Crippen LogP contribution in [0, 0.1) is 5.92 Å². The summed E-state index contributed by atoms with van der Waals surface area (Å²) in [5.74, 6) is 0.773. The van der Waals surface area contributed by atoms with Crippen molar-refractivity contribution in [1.82, 2.24) is 10.2 Å². The summed E-state index contributed by atoms with van der Waals surface area (Å²) in [6.45, 7) is 5.93. The van der Waals surface area contributed by atoms with Crippen molar-refractivity contribution in [3.05, 3.63) is 22.4 Å². The summed E-state index contributed by atoms with van der Waals surface area (Å²) in [4.78, 5) is 2.69. The quantitative estimate of drug-likeness (QED) is 0.866. The van der Waals surface area contributed by atoms with Crippen molar-refractivity contribution in [2.45, 2.75) is 32.2 Å². The Hall–Kier alpha value is -0.380. The molecule has 1 aromatic heterocycles. The molecule has 0 aliphatic carbocycles. The van der Waals surface area contributed by atoms with Gasteiger partial charge in [0.1, 0.15) is 0 Å². The van der Waals surface area contributed by atoms with Crippen LogP contribution >= 0.6 is 11.3 Å². The zero-order valence-electron chi connectivity index (χ0n) is 11.0. The fraction of sp³-hybridized carbons (Fsp3) is 0.714. The molecular formula is C14H24N2S. The van der Waals surface area contributed by atoms with Crippen molar-refractivity contribution in [2.24, 2.45) is 5.92 Å². The molecule has 1 aliphatic heterocycles. The van der Waals surface area contributed by atoms with E-state index in [0.29, 0.717) is 6.04 Å². The third-order valence-electron chi connectivity index (χ3n) is 3.72. The minimum atomic E-state index is 0.641. The molecule has 1 fully saturated rings. The van der Waals surface area contributed by atoms with Gasteiger partial charge in [0.25, 0.3) is 0 Å². The first-order chi connectivity index (χ1) is 8.36. The van der Waals surface area contributed by atoms with Crippen molar-refractivity contribution in [3.8, 4) is 0 Å². The van der Waals surface area contributed by atoms with Crippen molar-refractivity contribution >= 4 is 11.3 Å². The Morgan fingerprint density at radius 3 is 3.06 bits per heavy atom. The van der Waals surface area contributed by atoms with E-state index in [-0.39, 0.29) is 0 Å². The van der Waals surface area contributed by atoms with Gasteiger partial charge in [0.2, 0.25) is 0 Å². The van der Waals surface area contributed by atoms with Gasteiger partial charge in [-0.25, -0.2) is 0 Å². The molecule has 0 amide bonds. The van der Waals surface area contributed by atoms with Gasteiger partial charge in [0, 0.05) is 6.04 Å². The number of hydrogen-bond acceptors (Lipinski definition) is 3. The zero-order chi connectivity index (χ0) is 12.1. The van der Waals surface area contributed by atoms with Gasteiger partial charge in [-0.05, 0) is 74.3 Å². The summed E-state index contributed by atoms with van der Waals surface area (Å²) in [5.41, 5.74) is 1.53. The van der Waals surface area contributed by atoms with Crippen LogP contribution in [0.4, 0.5) is 0 Å². The second-order valence-electron chi connectivity index (χ2n) is 5.00. The maximum atomic E-state index is 3.37. The monoisotopic (exact) mass is 252 g/mol. The molecule has 0 bridgehead atoms. The lowest BCUT2D eigenvalue weighted by molar-refractivity contribution is 0.0927. The summed E-state index contributed by atoms with van der Waals surface area (Å²) in [5, 5.41) is 7.92. The number of nitrogens with zero attached hydrogens (tertiary/aromatic N) is 1. The van der Waals surface area contributed by atoms with E-state index in [2.05, 4.69) is 41.0 Å². The van der Waals surface area contributed by atoms with Gasteiger partial charge >= 0.3 is 0 Å². The molecule has 3 heteroatoms. The Morgan fingerprint density at radius 1 is 1.53 bits per heavy atom. The standard InChI is InChI=1S/C14H24N2S/c1-3-7-16-8-4-5-12(10-15-2)14(16)13-6-9-17-11-13/h6,9,11-12,14-15H,3-5,7-8,10H2,1-2H3. The molecule has 17 heavy (non-hydrogen) atoms. The average molecular weight is 252 g/mol. The zero-order valence-corrected chi connectivity index (χ0v) is 11.8. The van der Waals surface area contributed by atoms with E-state index in [1.165, 1.54) is 37.9 Å². The summed E-state index contributed by atoms with van der Waals surface area (Å²) in [6, 6.07) is 2.95. The highest BCUT2D eigenvalue weighted by Gasteiger charge is 2.31. The molecule has 1 saturated heterocycles. The molecule has 0 saturated carbocycles. The first-order valence-corrected chi connectivity index (χ1v) is 7.71. The number of likely N-dealkylation sites (tertiary alicyclic amines) is 1. The molecule has 2 rings (SSSR count). The molecule has 0 aromatic carbocycles. The second kappa shape index (κ2) is 6.53. The molecule has 0 radical (unpaired) electrons. The van der Waals surface area contributed by atoms with Crippen LogP contribution in [0.3, 0.4) is 0 Å². The van der Waals surface area contributed by atoms with Crippen molar-refractivity contribution in [1.29, 1.82) is 0 Å². The number of nitrogens with one attached hydrogen (secondary N) is 1. The highest BCUT2D eigenvalue weighted by Crippen LogP contribution is 2.36. The maximum Gasteiger partial charge on any atom is 0.0396 e. The van der Waals surface area contributed by atoms with Gasteiger partial charge in [0.05, 0.1) is 0 Å². The maximum absolute atomic E-state index is 3.37. The average Bonchev–Trinajstić information content (AvgIpc) is 2.84. The summed E-state index contributed by atoms with van der Waals surface area (Å²) in [6.07, 6.45) is 3.97. The van der Waals surface area contributed by atoms with Gasteiger partial charge in [-0.3, -0.25) is 4.90 Å². The van der Waals surface area contributed by atoms with Crippen LogP contribution in [0.25, 0.3) is 0 Å². The number of hydrogen-bond donors (Lipinski definition) is 1. The van der Waals surface area contributed by atoms with Gasteiger partial charge < -0.3 is 5.32 Å². The van der Waals surface area contributed by atoms with E-state index in [4.69, 9.17) is 0 Å². The molecule has 1 aliphatic rings. The third kappa shape index (κ3) is 3.09. The Morgan fingerprint density at radius 2 is 2.41 bits per heavy atom. The molecule has 1 N–H and O–H groups in total. The fourth-order valence-electron chi connectivity index (χ4n) is 3.09. The Kier molecular flexibility index (Phi) is 5.01. The first kappa shape index (κ1) is 13.1. The van der Waals surface area contributed by atoms with Crippen LogP contribution in [0.15, 0.2) is 16.8 Å². The SMILES string of the molecule is CCCN1CCCC(CNC)C1c1ccsc1. The minimum Gasteiger partial charge on any atom is -0.319 e. The predicted molar refractivity (Wildman–Crippen MR) is 75.6 cm³/mol. The third-order valence-corrected chi connectivity index (χ3v) is 4.42. The van der Waals surface area contributed by atoms with E-state index in [0.717, 1.165) is 12.5 Å². The van der Waals surface area contributed by atoms with Crippen LogP contribution in [-0.4, -0.2) is 31.6 Å². The minimum absolute atomic E-state index is 0.641. The second-order valence-corrected chi connectivity index (χ2v) is 5.78. The van der Waals surface area contributed by atoms with Crippen LogP contribution in [0.5, 0.6) is 0 Å². The lowest BCUT2D eigenvalue weighted by atomic mass is 9.85. The normalized spacial score (nSPS) is 26.2. The lowest BCUT2D eigenvalue weighted by Crippen LogP contribution is -2.42. The summed E-state index contributed by atoms with van der Waals surface area (Å²) < 4.78 is 0. The van der Waals surface area contributed by atoms with Crippen LogP contribution < -0.4 is 5.32 Å². The molecular weight excluding hydrogens is 228 g/mol. The van der Waals surface area contributed by atoms with E-state index >= 15 is 0 Å². The van der Waals surface area contributed by atoms with Crippen molar-refractivity contribution < 1.29 is 0 Å². The Labute approximate surface area is 109 Å². The van der Waals surface area contributed by atoms with Crippen molar-refractivity contribution in [2.75, 3.05) is 26.7 Å². The smallest absolute Gasteiger partial charge is 0.0396 e. The van der Waals surface area contributed by atoms with Crippen molar-refractivity contribution in [3.63, 3.8) is 0 Å². The summed E-state index contributed by atoms with van der Waals surface area (Å²) in [7, 11) is 2.07. The van der Waals surface area contributed by atoms with Gasteiger partial charge in [-0.15, -0.1) is 0 Å². The Balaban J connectivity index is 2.15. The van der Waals surface area contributed by atoms with E-state index < -0.39 is 0 Å². The molecule has 2 heterocycles. The molecule has 96 valence electrons. The fourth-order valence-corrected chi connectivity index (χ4v) is 3.78. The molecule has 2 nitrogen and oxygen atoms in total. The molecule has 0 spiro atoms. The van der Waals surface area contributed by atoms with Gasteiger partial charge in [-0.2, -0.15) is 11.3 Å². The topological polar surface area (TPSA) is 15.3 Å². The van der Waals surface area contributed by atoms with Gasteiger partial charge in [0.15, 0.2) is 0 Å². The largest absolute Gasteiger partial charge is 0.319 e. The van der Waals surface area contributed by atoms with E-state index in [9.17, 15) is 0 Å². The first-order valence-electron chi connectivity index (χ1n) is 6.77. The predicted octanol–water partition coefficient (Wildman–Crippen LogP) is 3.13. The van der Waals surface area contributed by atoms with Crippen LogP contribution in [0.1, 0.15) is 37.8 Å². The van der Waals surface area contributed by atoms with E-state index in [1.54, 1.807) is 0 Å². The van der Waals surface area contributed by atoms with Crippen LogP contribution in [-0.2, 0) is 0 Å². The number of thiophene rings is 1. The van der Waals surface area contributed by atoms with E-state index in [1.807, 2.05) is 11.3 Å². The molecule has 2 atom stereocenters. The summed E-state index contributed by atoms with van der Waals surface area (Å²) >= 11 is 1.83. The molecule has 1 aromatic rings. The number of rotatable bonds is 5. The Bertz CT molecular complexity index is 292. The number of piperidine rings is 1.